The van der Waals surface area contributed by atoms with Crippen LogP contribution in [0.1, 0.15) is 24.8 Å². The molecule has 1 atom stereocenters. The number of hydrogen-bond acceptors (Lipinski definition) is 4. The molecule has 0 aliphatic carbocycles. The SMILES string of the molecule is CCC(Cl)C(=O)N(Cc1nnc(Br)o1)c1ccccc1C. The molecule has 0 N–H and O–H groups in total. The molecule has 0 spiro atoms. The number of anilines is 1. The first-order valence-electron chi connectivity index (χ1n) is 6.52. The Labute approximate surface area is 136 Å². The number of hydrogen-bond donors (Lipinski definition) is 0. The van der Waals surface area contributed by atoms with Crippen LogP contribution in [-0.2, 0) is 11.3 Å². The number of amides is 1. The van der Waals surface area contributed by atoms with Gasteiger partial charge in [0.1, 0.15) is 11.9 Å². The second kappa shape index (κ2) is 7.04. The molecule has 112 valence electrons. The molecule has 1 heterocycles. The van der Waals surface area contributed by atoms with Crippen molar-refractivity contribution in [2.24, 2.45) is 0 Å². The van der Waals surface area contributed by atoms with E-state index in [9.17, 15) is 4.79 Å². The lowest BCUT2D eigenvalue weighted by molar-refractivity contribution is -0.118. The van der Waals surface area contributed by atoms with Crippen LogP contribution in [0.4, 0.5) is 5.69 Å². The average molecular weight is 373 g/mol. The van der Waals surface area contributed by atoms with Crippen LogP contribution in [0.25, 0.3) is 0 Å². The van der Waals surface area contributed by atoms with Crippen molar-refractivity contribution in [3.63, 3.8) is 0 Å². The molecule has 1 amide bonds. The number of carbonyl (C=O) groups is 1. The predicted octanol–water partition coefficient (Wildman–Crippen LogP) is 3.69. The van der Waals surface area contributed by atoms with Crippen molar-refractivity contribution < 1.29 is 9.21 Å². The van der Waals surface area contributed by atoms with Gasteiger partial charge in [0.25, 0.3) is 4.80 Å². The summed E-state index contributed by atoms with van der Waals surface area (Å²) >= 11 is 9.22. The Kier molecular flexibility index (Phi) is 5.36. The Balaban J connectivity index is 2.35. The smallest absolute Gasteiger partial charge is 0.284 e. The van der Waals surface area contributed by atoms with E-state index < -0.39 is 5.38 Å². The molecule has 0 bridgehead atoms. The molecule has 0 aliphatic rings. The highest BCUT2D eigenvalue weighted by molar-refractivity contribution is 9.10. The van der Waals surface area contributed by atoms with Crippen LogP contribution in [0, 0.1) is 6.92 Å². The van der Waals surface area contributed by atoms with Gasteiger partial charge in [-0.2, -0.15) is 0 Å². The molecule has 7 heteroatoms. The van der Waals surface area contributed by atoms with Crippen molar-refractivity contribution >= 4 is 39.1 Å². The Morgan fingerprint density at radius 3 is 2.71 bits per heavy atom. The summed E-state index contributed by atoms with van der Waals surface area (Å²) in [7, 11) is 0. The van der Waals surface area contributed by atoms with Gasteiger partial charge in [-0.15, -0.1) is 21.8 Å². The van der Waals surface area contributed by atoms with E-state index in [1.54, 1.807) is 4.90 Å². The first kappa shape index (κ1) is 16.0. The van der Waals surface area contributed by atoms with E-state index in [0.717, 1.165) is 11.3 Å². The minimum atomic E-state index is -0.587. The Bertz CT molecular complexity index is 632. The van der Waals surface area contributed by atoms with Crippen LogP contribution in [0.5, 0.6) is 0 Å². The first-order chi connectivity index (χ1) is 10.0. The fraction of sp³-hybridized carbons (Fsp3) is 0.357. The quantitative estimate of drug-likeness (QED) is 0.751. The van der Waals surface area contributed by atoms with Gasteiger partial charge in [0.15, 0.2) is 0 Å². The summed E-state index contributed by atoms with van der Waals surface area (Å²) in [4.78, 5) is 14.4. The minimum Gasteiger partial charge on any atom is -0.414 e. The highest BCUT2D eigenvalue weighted by Crippen LogP contribution is 2.24. The van der Waals surface area contributed by atoms with Crippen molar-refractivity contribution in [3.05, 3.63) is 40.5 Å². The van der Waals surface area contributed by atoms with Crippen LogP contribution in [0.3, 0.4) is 0 Å². The number of halogens is 2. The zero-order valence-corrected chi connectivity index (χ0v) is 14.1. The second-order valence-corrected chi connectivity index (χ2v) is 5.74. The molecule has 1 aromatic carbocycles. The lowest BCUT2D eigenvalue weighted by Crippen LogP contribution is -2.36. The van der Waals surface area contributed by atoms with E-state index in [1.807, 2.05) is 38.1 Å². The van der Waals surface area contributed by atoms with Crippen molar-refractivity contribution in [1.29, 1.82) is 0 Å². The molecule has 5 nitrogen and oxygen atoms in total. The molecule has 0 radical (unpaired) electrons. The number of rotatable bonds is 5. The third-order valence-corrected chi connectivity index (χ3v) is 3.85. The summed E-state index contributed by atoms with van der Waals surface area (Å²) in [5.41, 5.74) is 1.76. The number of alkyl halides is 1. The predicted molar refractivity (Wildman–Crippen MR) is 84.3 cm³/mol. The molecule has 0 aliphatic heterocycles. The summed E-state index contributed by atoms with van der Waals surface area (Å²) in [5.74, 6) is 0.168. The standard InChI is InChI=1S/C14H15BrClN3O2/c1-3-10(16)13(20)19(8-12-17-18-14(15)21-12)11-7-5-4-6-9(11)2/h4-7,10H,3,8H2,1-2H3. The summed E-state index contributed by atoms with van der Waals surface area (Å²) in [6, 6.07) is 7.61. The molecule has 21 heavy (non-hydrogen) atoms. The van der Waals surface area contributed by atoms with Crippen LogP contribution < -0.4 is 4.90 Å². The van der Waals surface area contributed by atoms with Gasteiger partial charge in [0, 0.05) is 21.6 Å². The molecule has 0 saturated carbocycles. The van der Waals surface area contributed by atoms with Gasteiger partial charge in [0.05, 0.1) is 0 Å². The second-order valence-electron chi connectivity index (χ2n) is 4.54. The van der Waals surface area contributed by atoms with Crippen molar-refractivity contribution in [2.75, 3.05) is 4.90 Å². The largest absolute Gasteiger partial charge is 0.414 e. The number of nitrogens with zero attached hydrogens (tertiary/aromatic N) is 3. The maximum Gasteiger partial charge on any atom is 0.284 e. The summed E-state index contributed by atoms with van der Waals surface area (Å²) in [5, 5.41) is 7.03. The zero-order valence-electron chi connectivity index (χ0n) is 11.7. The molecular formula is C14H15BrClN3O2. The molecule has 1 unspecified atom stereocenters. The van der Waals surface area contributed by atoms with E-state index in [2.05, 4.69) is 26.1 Å². The zero-order chi connectivity index (χ0) is 15.4. The number of benzene rings is 1. The van der Waals surface area contributed by atoms with Crippen molar-refractivity contribution in [3.8, 4) is 0 Å². The molecule has 0 saturated heterocycles. The van der Waals surface area contributed by atoms with Gasteiger partial charge < -0.3 is 9.32 Å². The molecule has 0 fully saturated rings. The van der Waals surface area contributed by atoms with Gasteiger partial charge in [-0.05, 0) is 25.0 Å². The van der Waals surface area contributed by atoms with Crippen LogP contribution in [0.2, 0.25) is 0 Å². The monoisotopic (exact) mass is 371 g/mol. The lowest BCUT2D eigenvalue weighted by atomic mass is 10.1. The van der Waals surface area contributed by atoms with Crippen LogP contribution in [-0.4, -0.2) is 21.5 Å². The maximum absolute atomic E-state index is 12.5. The highest BCUT2D eigenvalue weighted by Gasteiger charge is 2.25. The Hall–Kier alpha value is -1.40. The number of carbonyl (C=O) groups excluding carboxylic acids is 1. The van der Waals surface area contributed by atoms with E-state index in [-0.39, 0.29) is 17.3 Å². The average Bonchev–Trinajstić information content (AvgIpc) is 2.89. The molecular weight excluding hydrogens is 358 g/mol. The maximum atomic E-state index is 12.5. The number of aryl methyl sites for hydroxylation is 1. The Morgan fingerprint density at radius 1 is 1.43 bits per heavy atom. The summed E-state index contributed by atoms with van der Waals surface area (Å²) in [6.45, 7) is 3.99. The van der Waals surface area contributed by atoms with Crippen molar-refractivity contribution in [2.45, 2.75) is 32.2 Å². The van der Waals surface area contributed by atoms with Crippen molar-refractivity contribution in [1.82, 2.24) is 10.2 Å². The van der Waals surface area contributed by atoms with Gasteiger partial charge in [0.2, 0.25) is 11.8 Å². The van der Waals surface area contributed by atoms with Gasteiger partial charge >= 0.3 is 0 Å². The van der Waals surface area contributed by atoms with Crippen LogP contribution in [0.15, 0.2) is 33.5 Å². The van der Waals surface area contributed by atoms with Gasteiger partial charge in [-0.1, -0.05) is 25.1 Å². The van der Waals surface area contributed by atoms with E-state index >= 15 is 0 Å². The van der Waals surface area contributed by atoms with Crippen LogP contribution >= 0.6 is 27.5 Å². The van der Waals surface area contributed by atoms with Gasteiger partial charge in [-0.25, -0.2) is 0 Å². The highest BCUT2D eigenvalue weighted by atomic mass is 79.9. The van der Waals surface area contributed by atoms with E-state index in [1.165, 1.54) is 0 Å². The third-order valence-electron chi connectivity index (χ3n) is 3.03. The molecule has 1 aromatic heterocycles. The first-order valence-corrected chi connectivity index (χ1v) is 7.74. The van der Waals surface area contributed by atoms with E-state index in [4.69, 9.17) is 16.0 Å². The topological polar surface area (TPSA) is 59.2 Å². The van der Waals surface area contributed by atoms with Gasteiger partial charge in [-0.3, -0.25) is 4.79 Å². The fourth-order valence-corrected chi connectivity index (χ4v) is 2.31. The fourth-order valence-electron chi connectivity index (χ4n) is 1.92. The third kappa shape index (κ3) is 3.83. The Morgan fingerprint density at radius 2 is 2.14 bits per heavy atom. The number of para-hydroxylation sites is 1. The molecule has 2 aromatic rings. The summed E-state index contributed by atoms with van der Waals surface area (Å²) in [6.07, 6.45) is 0.552. The van der Waals surface area contributed by atoms with E-state index in [0.29, 0.717) is 12.3 Å². The molecule has 2 rings (SSSR count). The lowest BCUT2D eigenvalue weighted by Gasteiger charge is -2.24. The minimum absolute atomic E-state index is 0.178. The number of aromatic nitrogens is 2. The normalized spacial score (nSPS) is 12.2. The summed E-state index contributed by atoms with van der Waals surface area (Å²) < 4.78 is 5.30.